The molecule has 110 valence electrons. The maximum Gasteiger partial charge on any atom is 0.275 e. The lowest BCUT2D eigenvalue weighted by Crippen LogP contribution is -2.15. The van der Waals surface area contributed by atoms with Gasteiger partial charge in [0.1, 0.15) is 11.5 Å². The van der Waals surface area contributed by atoms with Gasteiger partial charge in [-0.25, -0.2) is 4.98 Å². The lowest BCUT2D eigenvalue weighted by atomic mass is 10.0. The number of amides is 1. The molecule has 1 aromatic heterocycles. The van der Waals surface area contributed by atoms with Gasteiger partial charge in [0.05, 0.1) is 12.4 Å². The Bertz CT molecular complexity index is 625. The number of aromatic nitrogens is 2. The molecule has 0 bridgehead atoms. The number of nitrogens with one attached hydrogen (secondary N) is 2. The van der Waals surface area contributed by atoms with E-state index in [1.54, 1.807) is 6.20 Å². The van der Waals surface area contributed by atoms with Crippen LogP contribution in [0, 0.1) is 0 Å². The summed E-state index contributed by atoms with van der Waals surface area (Å²) in [4.78, 5) is 20.5. The molecule has 2 aromatic rings. The SMILES string of the molecule is CCNc1cncc(C(=O)Nc2cccc(C(C)C)c2)n1. The van der Waals surface area contributed by atoms with E-state index in [0.29, 0.717) is 17.4 Å². The van der Waals surface area contributed by atoms with Crippen LogP contribution >= 0.6 is 0 Å². The van der Waals surface area contributed by atoms with Gasteiger partial charge in [-0.15, -0.1) is 0 Å². The minimum atomic E-state index is -0.261. The van der Waals surface area contributed by atoms with Gasteiger partial charge < -0.3 is 10.6 Å². The minimum Gasteiger partial charge on any atom is -0.369 e. The van der Waals surface area contributed by atoms with Gasteiger partial charge in [0.15, 0.2) is 0 Å². The molecule has 21 heavy (non-hydrogen) atoms. The zero-order valence-corrected chi connectivity index (χ0v) is 12.6. The molecule has 0 atom stereocenters. The predicted octanol–water partition coefficient (Wildman–Crippen LogP) is 3.28. The van der Waals surface area contributed by atoms with Crippen LogP contribution < -0.4 is 10.6 Å². The van der Waals surface area contributed by atoms with Crippen molar-refractivity contribution >= 4 is 17.4 Å². The predicted molar refractivity (Wildman–Crippen MR) is 84.7 cm³/mol. The summed E-state index contributed by atoms with van der Waals surface area (Å²) in [5.41, 5.74) is 2.24. The molecule has 2 rings (SSSR count). The molecule has 0 aliphatic rings. The molecule has 0 spiro atoms. The second-order valence-corrected chi connectivity index (χ2v) is 5.05. The number of carbonyl (C=O) groups excluding carboxylic acids is 1. The van der Waals surface area contributed by atoms with Crippen LogP contribution in [0.3, 0.4) is 0 Å². The molecule has 5 nitrogen and oxygen atoms in total. The lowest BCUT2D eigenvalue weighted by Gasteiger charge is -2.09. The number of carbonyl (C=O) groups is 1. The summed E-state index contributed by atoms with van der Waals surface area (Å²) in [7, 11) is 0. The van der Waals surface area contributed by atoms with Gasteiger partial charge in [-0.3, -0.25) is 9.78 Å². The fraction of sp³-hybridized carbons (Fsp3) is 0.312. The van der Waals surface area contributed by atoms with E-state index in [4.69, 9.17) is 0 Å². The van der Waals surface area contributed by atoms with E-state index in [-0.39, 0.29) is 5.91 Å². The number of rotatable bonds is 5. The third-order valence-electron chi connectivity index (χ3n) is 3.04. The van der Waals surface area contributed by atoms with E-state index in [2.05, 4.69) is 34.4 Å². The quantitative estimate of drug-likeness (QED) is 0.884. The Morgan fingerprint density at radius 3 is 2.81 bits per heavy atom. The van der Waals surface area contributed by atoms with Gasteiger partial charge in [0.2, 0.25) is 0 Å². The van der Waals surface area contributed by atoms with Gasteiger partial charge in [-0.1, -0.05) is 26.0 Å². The first-order chi connectivity index (χ1) is 10.1. The van der Waals surface area contributed by atoms with Crippen LogP contribution in [-0.4, -0.2) is 22.4 Å². The van der Waals surface area contributed by atoms with Crippen molar-refractivity contribution in [3.8, 4) is 0 Å². The summed E-state index contributed by atoms with van der Waals surface area (Å²) in [6.07, 6.45) is 3.06. The molecule has 0 radical (unpaired) electrons. The molecule has 1 amide bonds. The summed E-state index contributed by atoms with van der Waals surface area (Å²) >= 11 is 0. The van der Waals surface area contributed by atoms with E-state index >= 15 is 0 Å². The van der Waals surface area contributed by atoms with Gasteiger partial charge >= 0.3 is 0 Å². The lowest BCUT2D eigenvalue weighted by molar-refractivity contribution is 0.102. The Morgan fingerprint density at radius 1 is 1.29 bits per heavy atom. The van der Waals surface area contributed by atoms with Gasteiger partial charge in [-0.2, -0.15) is 0 Å². The highest BCUT2D eigenvalue weighted by Gasteiger charge is 2.10. The van der Waals surface area contributed by atoms with E-state index in [1.165, 1.54) is 11.8 Å². The summed E-state index contributed by atoms with van der Waals surface area (Å²) in [6, 6.07) is 7.83. The molecule has 5 heteroatoms. The molecule has 1 heterocycles. The summed E-state index contributed by atoms with van der Waals surface area (Å²) in [5.74, 6) is 0.753. The molecule has 0 saturated heterocycles. The fourth-order valence-electron chi connectivity index (χ4n) is 1.91. The third-order valence-corrected chi connectivity index (χ3v) is 3.04. The molecule has 0 aliphatic carbocycles. The van der Waals surface area contributed by atoms with Crippen LogP contribution in [0.2, 0.25) is 0 Å². The van der Waals surface area contributed by atoms with Gasteiger partial charge in [0.25, 0.3) is 5.91 Å². The monoisotopic (exact) mass is 284 g/mol. The van der Waals surface area contributed by atoms with Crippen LogP contribution in [0.25, 0.3) is 0 Å². The first-order valence-electron chi connectivity index (χ1n) is 7.07. The van der Waals surface area contributed by atoms with E-state index in [0.717, 1.165) is 12.2 Å². The molecule has 0 unspecified atom stereocenters. The summed E-state index contributed by atoms with van der Waals surface area (Å²) < 4.78 is 0. The number of hydrogen-bond donors (Lipinski definition) is 2. The highest BCUT2D eigenvalue weighted by Crippen LogP contribution is 2.19. The first kappa shape index (κ1) is 15.0. The molecular formula is C16H20N4O. The Labute approximate surface area is 124 Å². The topological polar surface area (TPSA) is 66.9 Å². The molecule has 2 N–H and O–H groups in total. The largest absolute Gasteiger partial charge is 0.369 e. The van der Waals surface area contributed by atoms with Crippen molar-refractivity contribution in [2.75, 3.05) is 17.2 Å². The van der Waals surface area contributed by atoms with Crippen molar-refractivity contribution in [2.24, 2.45) is 0 Å². The standard InChI is InChI=1S/C16H20N4O/c1-4-18-15-10-17-9-14(20-15)16(21)19-13-7-5-6-12(8-13)11(2)3/h5-11H,4H2,1-3H3,(H,18,20)(H,19,21). The smallest absolute Gasteiger partial charge is 0.275 e. The van der Waals surface area contributed by atoms with Crippen LogP contribution in [0.5, 0.6) is 0 Å². The third kappa shape index (κ3) is 4.02. The van der Waals surface area contributed by atoms with Gasteiger partial charge in [-0.05, 0) is 30.5 Å². The van der Waals surface area contributed by atoms with Crippen LogP contribution in [0.4, 0.5) is 11.5 Å². The second-order valence-electron chi connectivity index (χ2n) is 5.05. The number of nitrogens with zero attached hydrogens (tertiary/aromatic N) is 2. The number of anilines is 2. The molecule has 1 aromatic carbocycles. The van der Waals surface area contributed by atoms with Crippen LogP contribution in [0.15, 0.2) is 36.7 Å². The zero-order valence-electron chi connectivity index (χ0n) is 12.6. The Balaban J connectivity index is 2.14. The van der Waals surface area contributed by atoms with Crippen LogP contribution in [-0.2, 0) is 0 Å². The zero-order chi connectivity index (χ0) is 15.2. The fourth-order valence-corrected chi connectivity index (χ4v) is 1.91. The second kappa shape index (κ2) is 6.83. The van der Waals surface area contributed by atoms with E-state index < -0.39 is 0 Å². The average Bonchev–Trinajstić information content (AvgIpc) is 2.48. The van der Waals surface area contributed by atoms with Crippen molar-refractivity contribution in [1.29, 1.82) is 0 Å². The maximum absolute atomic E-state index is 12.2. The normalized spacial score (nSPS) is 10.5. The van der Waals surface area contributed by atoms with Crippen molar-refractivity contribution in [1.82, 2.24) is 9.97 Å². The molecule has 0 fully saturated rings. The number of hydrogen-bond acceptors (Lipinski definition) is 4. The van der Waals surface area contributed by atoms with Crippen molar-refractivity contribution in [3.05, 3.63) is 47.9 Å². The minimum absolute atomic E-state index is 0.261. The van der Waals surface area contributed by atoms with E-state index in [9.17, 15) is 4.79 Å². The van der Waals surface area contributed by atoms with E-state index in [1.807, 2.05) is 31.2 Å². The highest BCUT2D eigenvalue weighted by atomic mass is 16.1. The van der Waals surface area contributed by atoms with Crippen molar-refractivity contribution in [3.63, 3.8) is 0 Å². The van der Waals surface area contributed by atoms with Gasteiger partial charge in [0, 0.05) is 12.2 Å². The van der Waals surface area contributed by atoms with Crippen molar-refractivity contribution in [2.45, 2.75) is 26.7 Å². The summed E-state index contributed by atoms with van der Waals surface area (Å²) in [5, 5.41) is 5.89. The average molecular weight is 284 g/mol. The Morgan fingerprint density at radius 2 is 2.10 bits per heavy atom. The highest BCUT2D eigenvalue weighted by molar-refractivity contribution is 6.02. The molecular weight excluding hydrogens is 264 g/mol. The Kier molecular flexibility index (Phi) is 4.87. The number of benzene rings is 1. The first-order valence-corrected chi connectivity index (χ1v) is 7.07. The van der Waals surface area contributed by atoms with Crippen molar-refractivity contribution < 1.29 is 4.79 Å². The summed E-state index contributed by atoms with van der Waals surface area (Å²) in [6.45, 7) is 6.93. The van der Waals surface area contributed by atoms with Crippen LogP contribution in [0.1, 0.15) is 42.7 Å². The maximum atomic E-state index is 12.2. The molecule has 0 aliphatic heterocycles. The molecule has 0 saturated carbocycles. The Hall–Kier alpha value is -2.43.